The molecule has 4 rings (SSSR count). The van der Waals surface area contributed by atoms with Gasteiger partial charge in [0, 0.05) is 12.6 Å². The van der Waals surface area contributed by atoms with Crippen molar-refractivity contribution in [2.75, 3.05) is 0 Å². The molecule has 2 N–H and O–H groups in total. The normalized spacial score (nSPS) is 55.7. The van der Waals surface area contributed by atoms with E-state index in [9.17, 15) is 9.90 Å². The van der Waals surface area contributed by atoms with E-state index in [2.05, 4.69) is 13.8 Å². The number of aliphatic hydroxyl groups is 1. The maximum atomic E-state index is 12.5. The summed E-state index contributed by atoms with van der Waals surface area (Å²) in [4.78, 5) is 12.5. The quantitative estimate of drug-likeness (QED) is 0.719. The smallest absolute Gasteiger partial charge is 0.144 e. The number of fused-ring (bicyclic) bond motifs is 5. The minimum absolute atomic E-state index is 0.00735. The molecular formula is C20H31NO2. The van der Waals surface area contributed by atoms with Crippen LogP contribution in [0.25, 0.3) is 0 Å². The second-order valence-corrected chi connectivity index (χ2v) is 9.25. The third-order valence-corrected chi connectivity index (χ3v) is 8.78. The molecule has 0 radical (unpaired) electrons. The van der Waals surface area contributed by atoms with E-state index in [4.69, 9.17) is 5.41 Å². The van der Waals surface area contributed by atoms with Gasteiger partial charge in [-0.15, -0.1) is 0 Å². The van der Waals surface area contributed by atoms with Gasteiger partial charge < -0.3 is 10.5 Å². The largest absolute Gasteiger partial charge is 0.389 e. The molecule has 128 valence electrons. The molecule has 0 aromatic carbocycles. The molecule has 3 nitrogen and oxygen atoms in total. The summed E-state index contributed by atoms with van der Waals surface area (Å²) in [5.74, 6) is 2.05. The fourth-order valence-corrected chi connectivity index (χ4v) is 7.48. The lowest BCUT2D eigenvalue weighted by molar-refractivity contribution is -0.225. The maximum Gasteiger partial charge on any atom is 0.144 e. The van der Waals surface area contributed by atoms with E-state index in [0.29, 0.717) is 35.9 Å². The fraction of sp³-hybridized carbons (Fsp3) is 0.900. The molecule has 0 spiro atoms. The molecular weight excluding hydrogens is 286 g/mol. The Morgan fingerprint density at radius 3 is 2.65 bits per heavy atom. The first-order valence-corrected chi connectivity index (χ1v) is 9.66. The molecule has 0 heterocycles. The monoisotopic (exact) mass is 317 g/mol. The number of hydrogen-bond donors (Lipinski definition) is 2. The maximum absolute atomic E-state index is 12.5. The van der Waals surface area contributed by atoms with Gasteiger partial charge in [0.2, 0.25) is 0 Å². The van der Waals surface area contributed by atoms with Crippen LogP contribution in [0, 0.1) is 39.9 Å². The summed E-state index contributed by atoms with van der Waals surface area (Å²) in [6.45, 7) is 4.57. The second-order valence-electron chi connectivity index (χ2n) is 9.25. The third-order valence-electron chi connectivity index (χ3n) is 8.78. The summed E-state index contributed by atoms with van der Waals surface area (Å²) in [5.41, 5.74) is -0.964. The van der Waals surface area contributed by atoms with E-state index in [-0.39, 0.29) is 5.41 Å². The zero-order valence-corrected chi connectivity index (χ0v) is 14.6. The van der Waals surface area contributed by atoms with Gasteiger partial charge in [-0.3, -0.25) is 4.79 Å². The van der Waals surface area contributed by atoms with E-state index in [1.807, 2.05) is 0 Å². The van der Waals surface area contributed by atoms with Crippen LogP contribution >= 0.6 is 0 Å². The van der Waals surface area contributed by atoms with Crippen molar-refractivity contribution in [1.82, 2.24) is 0 Å². The standard InChI is InChI=1S/C20H31NO2/c1-13-11-14-15(18(2)8-3-4-9-20(13,18)23)7-10-19(12-21)16(14)5-6-17(19)22/h12-16,21,23H,3-11H2,1-2H3/t13-,14+,15-,16-,18+,19+,20-/m0/s1. The van der Waals surface area contributed by atoms with Crippen molar-refractivity contribution >= 4 is 12.0 Å². The first-order chi connectivity index (χ1) is 10.9. The van der Waals surface area contributed by atoms with Crippen molar-refractivity contribution in [3.63, 3.8) is 0 Å². The van der Waals surface area contributed by atoms with E-state index in [1.54, 1.807) is 0 Å². The molecule has 0 aromatic heterocycles. The molecule has 4 aliphatic rings. The van der Waals surface area contributed by atoms with E-state index in [0.717, 1.165) is 44.9 Å². The molecule has 0 saturated heterocycles. The number of nitrogens with one attached hydrogen (secondary N) is 1. The molecule has 7 atom stereocenters. The highest BCUT2D eigenvalue weighted by Crippen LogP contribution is 2.67. The van der Waals surface area contributed by atoms with Gasteiger partial charge in [-0.25, -0.2) is 0 Å². The second kappa shape index (κ2) is 4.91. The minimum atomic E-state index is -0.514. The van der Waals surface area contributed by atoms with Crippen LogP contribution in [0.2, 0.25) is 0 Å². The lowest BCUT2D eigenvalue weighted by Crippen LogP contribution is -2.64. The van der Waals surface area contributed by atoms with Crippen LogP contribution in [-0.4, -0.2) is 22.7 Å². The molecule has 0 amide bonds. The molecule has 3 heteroatoms. The summed E-state index contributed by atoms with van der Waals surface area (Å²) in [6, 6.07) is 0. The zero-order chi connectivity index (χ0) is 16.5. The lowest BCUT2D eigenvalue weighted by Gasteiger charge is -2.65. The van der Waals surface area contributed by atoms with Gasteiger partial charge in [-0.2, -0.15) is 0 Å². The lowest BCUT2D eigenvalue weighted by atomic mass is 9.41. The highest BCUT2D eigenvalue weighted by molar-refractivity contribution is 6.01. The van der Waals surface area contributed by atoms with Gasteiger partial charge in [0.05, 0.1) is 11.0 Å². The van der Waals surface area contributed by atoms with Gasteiger partial charge in [0.15, 0.2) is 0 Å². The van der Waals surface area contributed by atoms with Gasteiger partial charge in [0.1, 0.15) is 5.78 Å². The number of carbonyl (C=O) groups is 1. The predicted molar refractivity (Wildman–Crippen MR) is 90.5 cm³/mol. The molecule has 4 fully saturated rings. The highest BCUT2D eigenvalue weighted by Gasteiger charge is 2.66. The van der Waals surface area contributed by atoms with Crippen molar-refractivity contribution < 1.29 is 9.90 Å². The van der Waals surface area contributed by atoms with Gasteiger partial charge in [0.25, 0.3) is 0 Å². The minimum Gasteiger partial charge on any atom is -0.389 e. The van der Waals surface area contributed by atoms with Crippen LogP contribution in [0.15, 0.2) is 0 Å². The van der Waals surface area contributed by atoms with Crippen molar-refractivity contribution in [3.8, 4) is 0 Å². The Balaban J connectivity index is 1.75. The Morgan fingerprint density at radius 2 is 1.91 bits per heavy atom. The average Bonchev–Trinajstić information content (AvgIpc) is 2.87. The molecule has 0 bridgehead atoms. The van der Waals surface area contributed by atoms with Crippen LogP contribution in [0.1, 0.15) is 71.6 Å². The third kappa shape index (κ3) is 1.75. The predicted octanol–water partition coefficient (Wildman–Crippen LogP) is 3.98. The number of ketones is 1. The molecule has 0 unspecified atom stereocenters. The average molecular weight is 317 g/mol. The number of carbonyl (C=O) groups excluding carboxylic acids is 1. The van der Waals surface area contributed by atoms with E-state index >= 15 is 0 Å². The number of hydrogen-bond acceptors (Lipinski definition) is 3. The Labute approximate surface area is 139 Å². The zero-order valence-electron chi connectivity index (χ0n) is 14.6. The summed E-state index contributed by atoms with van der Waals surface area (Å²) >= 11 is 0. The Bertz CT molecular complexity index is 546. The molecule has 0 aliphatic heterocycles. The van der Waals surface area contributed by atoms with E-state index < -0.39 is 11.0 Å². The topological polar surface area (TPSA) is 61.2 Å². The van der Waals surface area contributed by atoms with Crippen LogP contribution in [0.4, 0.5) is 0 Å². The highest BCUT2D eigenvalue weighted by atomic mass is 16.3. The SMILES string of the molecule is C[C@H]1C[C@H]2[C@@H]3CCC(=O)[C@@]3(C=N)CC[C@@H]2[C@@]2(C)CCCC[C@]12O. The number of rotatable bonds is 1. The summed E-state index contributed by atoms with van der Waals surface area (Å²) < 4.78 is 0. The van der Waals surface area contributed by atoms with Crippen LogP contribution in [0.5, 0.6) is 0 Å². The Morgan fingerprint density at radius 1 is 1.17 bits per heavy atom. The molecule has 0 aromatic rings. The molecule has 4 aliphatic carbocycles. The van der Waals surface area contributed by atoms with Crippen molar-refractivity contribution in [3.05, 3.63) is 0 Å². The van der Waals surface area contributed by atoms with Gasteiger partial charge >= 0.3 is 0 Å². The van der Waals surface area contributed by atoms with Gasteiger partial charge in [-0.05, 0) is 67.6 Å². The fourth-order valence-electron chi connectivity index (χ4n) is 7.48. The van der Waals surface area contributed by atoms with Crippen molar-refractivity contribution in [1.29, 1.82) is 5.41 Å². The van der Waals surface area contributed by atoms with Gasteiger partial charge in [-0.1, -0.05) is 26.7 Å². The van der Waals surface area contributed by atoms with E-state index in [1.165, 1.54) is 12.6 Å². The first kappa shape index (κ1) is 15.8. The van der Waals surface area contributed by atoms with Crippen LogP contribution in [0.3, 0.4) is 0 Å². The number of Topliss-reactive ketones (excluding diaryl/α,β-unsaturated/α-hetero) is 1. The van der Waals surface area contributed by atoms with Crippen molar-refractivity contribution in [2.45, 2.75) is 77.2 Å². The first-order valence-electron chi connectivity index (χ1n) is 9.66. The Hall–Kier alpha value is -0.700. The Kier molecular flexibility index (Phi) is 3.37. The van der Waals surface area contributed by atoms with Crippen LogP contribution in [-0.2, 0) is 4.79 Å². The van der Waals surface area contributed by atoms with Crippen LogP contribution < -0.4 is 0 Å². The molecule has 4 saturated carbocycles. The summed E-state index contributed by atoms with van der Waals surface area (Å²) in [6.07, 6.45) is 10.5. The van der Waals surface area contributed by atoms with Crippen molar-refractivity contribution in [2.24, 2.45) is 34.5 Å². The molecule has 23 heavy (non-hydrogen) atoms. The summed E-state index contributed by atoms with van der Waals surface area (Å²) in [5, 5.41) is 19.5. The summed E-state index contributed by atoms with van der Waals surface area (Å²) in [7, 11) is 0.